The van der Waals surface area contributed by atoms with Crippen molar-refractivity contribution in [2.24, 2.45) is 5.92 Å². The van der Waals surface area contributed by atoms with E-state index in [0.29, 0.717) is 6.04 Å². The Morgan fingerprint density at radius 2 is 1.52 bits per heavy atom. The predicted octanol–water partition coefficient (Wildman–Crippen LogP) is 4.43. The first-order valence-electron chi connectivity index (χ1n) is 8.76. The monoisotopic (exact) mass is 306 g/mol. The molecule has 23 heavy (non-hydrogen) atoms. The van der Waals surface area contributed by atoms with Gasteiger partial charge in [0.05, 0.1) is 19.1 Å². The minimum atomic E-state index is 0.113. The summed E-state index contributed by atoms with van der Waals surface area (Å²) in [5, 5.41) is 0. The lowest BCUT2D eigenvalue weighted by Gasteiger charge is -2.53. The van der Waals surface area contributed by atoms with Crippen LogP contribution in [0.2, 0.25) is 0 Å². The van der Waals surface area contributed by atoms with Crippen molar-refractivity contribution in [1.29, 1.82) is 0 Å². The summed E-state index contributed by atoms with van der Waals surface area (Å²) < 4.78 is 1.12. The maximum atomic E-state index is 12.6. The van der Waals surface area contributed by atoms with Crippen molar-refractivity contribution in [3.8, 4) is 0 Å². The molecule has 0 aliphatic carbocycles. The van der Waals surface area contributed by atoms with Gasteiger partial charge in [-0.1, -0.05) is 30.3 Å². The second-order valence-electron chi connectivity index (χ2n) is 7.25. The Bertz CT molecular complexity index is 696. The molecule has 2 nitrogen and oxygen atoms in total. The number of hydrogen-bond acceptors (Lipinski definition) is 1. The summed E-state index contributed by atoms with van der Waals surface area (Å²) in [5.74, 6) is 1.06. The second-order valence-corrected chi connectivity index (χ2v) is 7.25. The molecule has 0 radical (unpaired) electrons. The molecule has 1 atom stereocenters. The van der Waals surface area contributed by atoms with Crippen LogP contribution in [0.5, 0.6) is 0 Å². The third-order valence-corrected chi connectivity index (χ3v) is 6.07. The number of carbonyl (C=O) groups is 1. The summed E-state index contributed by atoms with van der Waals surface area (Å²) in [4.78, 5) is 12.6. The van der Waals surface area contributed by atoms with Gasteiger partial charge in [-0.25, -0.2) is 0 Å². The Labute approximate surface area is 138 Å². The molecule has 0 amide bonds. The van der Waals surface area contributed by atoms with Gasteiger partial charge in [0.2, 0.25) is 0 Å². The Morgan fingerprint density at radius 1 is 0.913 bits per heavy atom. The second kappa shape index (κ2) is 5.61. The lowest BCUT2D eigenvalue weighted by Crippen LogP contribution is -2.64. The smallest absolute Gasteiger partial charge is 0.193 e. The Morgan fingerprint density at radius 3 is 2.13 bits per heavy atom. The van der Waals surface area contributed by atoms with Crippen LogP contribution in [0, 0.1) is 5.92 Å². The highest BCUT2D eigenvalue weighted by Gasteiger charge is 2.46. The van der Waals surface area contributed by atoms with Gasteiger partial charge in [0.1, 0.15) is 5.69 Å². The summed E-state index contributed by atoms with van der Waals surface area (Å²) in [6.45, 7) is 4.92. The van der Waals surface area contributed by atoms with E-state index in [0.717, 1.165) is 21.5 Å². The third kappa shape index (κ3) is 2.42. The van der Waals surface area contributed by atoms with Gasteiger partial charge in [-0.05, 0) is 37.1 Å². The van der Waals surface area contributed by atoms with Gasteiger partial charge in [0.15, 0.2) is 5.78 Å². The fourth-order valence-electron chi connectivity index (χ4n) is 4.62. The molecule has 3 heterocycles. The fourth-order valence-corrected chi connectivity index (χ4v) is 4.62. The van der Waals surface area contributed by atoms with Crippen molar-refractivity contribution in [3.63, 3.8) is 0 Å². The van der Waals surface area contributed by atoms with Crippen LogP contribution < -0.4 is 4.48 Å². The van der Waals surface area contributed by atoms with Crippen molar-refractivity contribution in [3.05, 3.63) is 65.7 Å². The Balaban J connectivity index is 1.62. The first-order valence-corrected chi connectivity index (χ1v) is 8.76. The SMILES string of the molecule is CC1CC2CC[N+]1(c1ccc(C(=O)c3ccccc3)cc1)CC2. The average molecular weight is 306 g/mol. The Kier molecular flexibility index (Phi) is 3.57. The molecule has 0 N–H and O–H groups in total. The van der Waals surface area contributed by atoms with Gasteiger partial charge in [-0.2, -0.15) is 0 Å². The lowest BCUT2D eigenvalue weighted by molar-refractivity contribution is 0.0639. The molecule has 5 rings (SSSR count). The van der Waals surface area contributed by atoms with E-state index in [9.17, 15) is 4.79 Å². The molecule has 0 aromatic heterocycles. The molecule has 0 saturated carbocycles. The van der Waals surface area contributed by atoms with Gasteiger partial charge in [0, 0.05) is 30.4 Å². The topological polar surface area (TPSA) is 17.1 Å². The van der Waals surface area contributed by atoms with Crippen LogP contribution in [0.25, 0.3) is 0 Å². The van der Waals surface area contributed by atoms with Crippen molar-refractivity contribution in [2.75, 3.05) is 13.1 Å². The van der Waals surface area contributed by atoms with Crippen molar-refractivity contribution < 1.29 is 4.79 Å². The van der Waals surface area contributed by atoms with Crippen LogP contribution in [0.1, 0.15) is 42.1 Å². The zero-order valence-electron chi connectivity index (χ0n) is 13.7. The summed E-state index contributed by atoms with van der Waals surface area (Å²) in [5.41, 5.74) is 2.94. The number of nitrogens with zero attached hydrogens (tertiary/aromatic N) is 1. The first-order chi connectivity index (χ1) is 11.2. The Hall–Kier alpha value is -1.93. The van der Waals surface area contributed by atoms with Crippen molar-refractivity contribution in [1.82, 2.24) is 4.48 Å². The number of fused-ring (bicyclic) bond motifs is 3. The number of carbonyl (C=O) groups excluding carboxylic acids is 1. The van der Waals surface area contributed by atoms with Crippen LogP contribution in [-0.4, -0.2) is 24.9 Å². The fraction of sp³-hybridized carbons (Fsp3) is 0.381. The highest BCUT2D eigenvalue weighted by molar-refractivity contribution is 6.09. The van der Waals surface area contributed by atoms with Crippen LogP contribution in [0.3, 0.4) is 0 Å². The van der Waals surface area contributed by atoms with E-state index in [1.165, 1.54) is 38.0 Å². The van der Waals surface area contributed by atoms with Gasteiger partial charge >= 0.3 is 0 Å². The normalized spacial score (nSPS) is 29.4. The van der Waals surface area contributed by atoms with Crippen LogP contribution in [0.15, 0.2) is 54.6 Å². The molecular weight excluding hydrogens is 282 g/mol. The molecule has 1 unspecified atom stereocenters. The standard InChI is InChI=1S/C21H24NO/c1-16-15-17-11-13-22(16,14-12-17)20-9-7-19(8-10-20)21(23)18-5-3-2-4-6-18/h2-10,16-17H,11-15H2,1H3/q+1. The molecular formula is C21H24NO+. The summed E-state index contributed by atoms with van der Waals surface area (Å²) >= 11 is 0. The highest BCUT2D eigenvalue weighted by atomic mass is 16.1. The van der Waals surface area contributed by atoms with E-state index in [1.807, 2.05) is 42.5 Å². The van der Waals surface area contributed by atoms with E-state index in [-0.39, 0.29) is 5.78 Å². The summed E-state index contributed by atoms with van der Waals surface area (Å²) in [6, 6.07) is 18.7. The molecule has 2 aromatic rings. The molecule has 2 bridgehead atoms. The molecule has 3 fully saturated rings. The van der Waals surface area contributed by atoms with Gasteiger partial charge in [0.25, 0.3) is 0 Å². The number of quaternary nitrogens is 1. The molecule has 3 saturated heterocycles. The molecule has 2 heteroatoms. The molecule has 3 aliphatic rings. The third-order valence-electron chi connectivity index (χ3n) is 6.07. The first kappa shape index (κ1) is 14.6. The van der Waals surface area contributed by atoms with Crippen molar-refractivity contribution >= 4 is 11.5 Å². The lowest BCUT2D eigenvalue weighted by atomic mass is 9.80. The van der Waals surface area contributed by atoms with Crippen LogP contribution in [-0.2, 0) is 0 Å². The average Bonchev–Trinajstić information content (AvgIpc) is 2.63. The number of hydrogen-bond donors (Lipinski definition) is 0. The number of rotatable bonds is 3. The number of piperidine rings is 3. The van der Waals surface area contributed by atoms with Crippen molar-refractivity contribution in [2.45, 2.75) is 32.2 Å². The van der Waals surface area contributed by atoms with Gasteiger partial charge in [-0.15, -0.1) is 0 Å². The number of benzene rings is 2. The largest absolute Gasteiger partial charge is 0.289 e. The molecule has 2 aromatic carbocycles. The predicted molar refractivity (Wildman–Crippen MR) is 94.6 cm³/mol. The maximum Gasteiger partial charge on any atom is 0.193 e. The zero-order chi connectivity index (χ0) is 15.9. The molecule has 3 aliphatic heterocycles. The molecule has 0 spiro atoms. The molecule has 118 valence electrons. The maximum absolute atomic E-state index is 12.6. The summed E-state index contributed by atoms with van der Waals surface area (Å²) in [6.07, 6.45) is 4.06. The van der Waals surface area contributed by atoms with E-state index < -0.39 is 0 Å². The minimum Gasteiger partial charge on any atom is -0.289 e. The zero-order valence-corrected chi connectivity index (χ0v) is 13.7. The van der Waals surface area contributed by atoms with E-state index in [2.05, 4.69) is 19.1 Å². The van der Waals surface area contributed by atoms with E-state index >= 15 is 0 Å². The van der Waals surface area contributed by atoms with E-state index in [1.54, 1.807) is 0 Å². The van der Waals surface area contributed by atoms with Crippen LogP contribution in [0.4, 0.5) is 5.69 Å². The highest BCUT2D eigenvalue weighted by Crippen LogP contribution is 2.42. The summed E-state index contributed by atoms with van der Waals surface area (Å²) in [7, 11) is 0. The van der Waals surface area contributed by atoms with E-state index in [4.69, 9.17) is 0 Å². The van der Waals surface area contributed by atoms with Crippen LogP contribution >= 0.6 is 0 Å². The van der Waals surface area contributed by atoms with Gasteiger partial charge < -0.3 is 0 Å². The van der Waals surface area contributed by atoms with Gasteiger partial charge in [-0.3, -0.25) is 9.28 Å². The minimum absolute atomic E-state index is 0.113. The quantitative estimate of drug-likeness (QED) is 0.606. The number of ketones is 1.